The van der Waals surface area contributed by atoms with Crippen LogP contribution in [0.4, 0.5) is 4.79 Å². The Kier molecular flexibility index (Phi) is 4.72. The number of nitrogens with one attached hydrogen (secondary N) is 1. The van der Waals surface area contributed by atoms with Crippen molar-refractivity contribution in [3.05, 3.63) is 53.6 Å². The van der Waals surface area contributed by atoms with Crippen LogP contribution in [0, 0.1) is 0 Å². The molecule has 3 amide bonds. The second-order valence-electron chi connectivity index (χ2n) is 6.04. The molecule has 8 heteroatoms. The van der Waals surface area contributed by atoms with E-state index in [1.165, 1.54) is 13.3 Å². The highest BCUT2D eigenvalue weighted by Crippen LogP contribution is 2.31. The molecule has 1 saturated heterocycles. The topological polar surface area (TPSA) is 100 Å². The first kappa shape index (κ1) is 18.2. The summed E-state index contributed by atoms with van der Waals surface area (Å²) in [5.41, 5.74) is -0.339. The number of carbonyl (C=O) groups excluding carboxylic acids is 2. The van der Waals surface area contributed by atoms with E-state index in [2.05, 4.69) is 10.4 Å². The Balaban J connectivity index is 1.87. The highest BCUT2D eigenvalue weighted by molar-refractivity contribution is 6.07. The number of amides is 3. The number of ether oxygens (including phenoxy) is 2. The Labute approximate surface area is 156 Å². The molecule has 1 unspecified atom stereocenters. The van der Waals surface area contributed by atoms with E-state index in [0.29, 0.717) is 16.9 Å². The number of phenols is 1. The van der Waals surface area contributed by atoms with Gasteiger partial charge in [0.05, 0.1) is 20.4 Å². The van der Waals surface area contributed by atoms with Crippen molar-refractivity contribution in [1.82, 2.24) is 10.3 Å². The number of phenolic OH excluding ortho intramolecular Hbond substituents is 1. The van der Waals surface area contributed by atoms with Gasteiger partial charge in [-0.3, -0.25) is 4.79 Å². The van der Waals surface area contributed by atoms with Gasteiger partial charge in [0.1, 0.15) is 11.3 Å². The largest absolute Gasteiger partial charge is 0.504 e. The van der Waals surface area contributed by atoms with Gasteiger partial charge in [-0.2, -0.15) is 5.10 Å². The number of imide groups is 1. The maximum Gasteiger partial charge on any atom is 0.346 e. The van der Waals surface area contributed by atoms with Crippen LogP contribution in [-0.4, -0.2) is 42.5 Å². The van der Waals surface area contributed by atoms with E-state index in [1.54, 1.807) is 56.5 Å². The minimum Gasteiger partial charge on any atom is -0.504 e. The molecule has 0 spiro atoms. The lowest BCUT2D eigenvalue weighted by Crippen LogP contribution is -2.40. The molecule has 0 bridgehead atoms. The van der Waals surface area contributed by atoms with Gasteiger partial charge in [-0.1, -0.05) is 18.2 Å². The van der Waals surface area contributed by atoms with Crippen LogP contribution in [0.3, 0.4) is 0 Å². The monoisotopic (exact) mass is 369 g/mol. The van der Waals surface area contributed by atoms with Gasteiger partial charge >= 0.3 is 6.03 Å². The zero-order chi connectivity index (χ0) is 19.6. The Morgan fingerprint density at radius 3 is 2.44 bits per heavy atom. The highest BCUT2D eigenvalue weighted by Gasteiger charge is 2.49. The van der Waals surface area contributed by atoms with Gasteiger partial charge in [0, 0.05) is 5.56 Å². The Bertz CT molecular complexity index is 910. The summed E-state index contributed by atoms with van der Waals surface area (Å²) in [5, 5.41) is 17.4. The molecule has 3 rings (SSSR count). The predicted octanol–water partition coefficient (Wildman–Crippen LogP) is 2.21. The molecule has 1 aliphatic heterocycles. The second-order valence-corrected chi connectivity index (χ2v) is 6.04. The smallest absolute Gasteiger partial charge is 0.346 e. The van der Waals surface area contributed by atoms with Crippen molar-refractivity contribution in [1.29, 1.82) is 0 Å². The molecule has 1 atom stereocenters. The van der Waals surface area contributed by atoms with E-state index in [1.807, 2.05) is 0 Å². The number of aromatic hydroxyl groups is 1. The minimum absolute atomic E-state index is 0.131. The lowest BCUT2D eigenvalue weighted by atomic mass is 9.92. The average molecular weight is 369 g/mol. The average Bonchev–Trinajstić information content (AvgIpc) is 2.90. The van der Waals surface area contributed by atoms with Gasteiger partial charge in [0.2, 0.25) is 0 Å². The Morgan fingerprint density at radius 1 is 1.11 bits per heavy atom. The number of urea groups is 1. The summed E-state index contributed by atoms with van der Waals surface area (Å²) in [5.74, 6) is 0.242. The summed E-state index contributed by atoms with van der Waals surface area (Å²) in [7, 11) is 2.97. The van der Waals surface area contributed by atoms with E-state index in [-0.39, 0.29) is 11.5 Å². The van der Waals surface area contributed by atoms with E-state index < -0.39 is 17.5 Å². The molecule has 0 aliphatic carbocycles. The number of hydrazone groups is 1. The molecule has 2 N–H and O–H groups in total. The standard InChI is InChI=1S/C19H19N3O5/c1-19(13-7-9-14(26-2)10-8-13)17(24)22(18(25)21-19)20-11-12-5-4-6-15(27-3)16(12)23/h4-11,23H,1-3H3,(H,21,25)/b20-11+. The van der Waals surface area contributed by atoms with Crippen LogP contribution in [0.15, 0.2) is 47.6 Å². The fraction of sp³-hybridized carbons (Fsp3) is 0.211. The van der Waals surface area contributed by atoms with Crippen LogP contribution in [0.25, 0.3) is 0 Å². The number of nitrogens with zero attached hydrogens (tertiary/aromatic N) is 2. The van der Waals surface area contributed by atoms with Crippen molar-refractivity contribution in [3.8, 4) is 17.2 Å². The fourth-order valence-electron chi connectivity index (χ4n) is 2.78. The first-order chi connectivity index (χ1) is 12.9. The lowest BCUT2D eigenvalue weighted by molar-refractivity contribution is -0.131. The van der Waals surface area contributed by atoms with Crippen LogP contribution < -0.4 is 14.8 Å². The molecule has 1 fully saturated rings. The van der Waals surface area contributed by atoms with Crippen molar-refractivity contribution in [3.63, 3.8) is 0 Å². The fourth-order valence-corrected chi connectivity index (χ4v) is 2.78. The molecule has 1 heterocycles. The van der Waals surface area contributed by atoms with Crippen molar-refractivity contribution < 1.29 is 24.2 Å². The third-order valence-electron chi connectivity index (χ3n) is 4.40. The summed E-state index contributed by atoms with van der Waals surface area (Å²) < 4.78 is 10.1. The number of hydrogen-bond donors (Lipinski definition) is 2. The maximum atomic E-state index is 12.8. The van der Waals surface area contributed by atoms with Crippen LogP contribution in [-0.2, 0) is 10.3 Å². The number of benzene rings is 2. The normalized spacial score (nSPS) is 19.4. The number of rotatable bonds is 5. The van der Waals surface area contributed by atoms with Crippen LogP contribution in [0.1, 0.15) is 18.1 Å². The SMILES string of the molecule is COc1ccc(C2(C)NC(=O)N(/N=C/c3cccc(OC)c3O)C2=O)cc1. The van der Waals surface area contributed by atoms with Crippen LogP contribution in [0.5, 0.6) is 17.2 Å². The molecule has 2 aromatic carbocycles. The summed E-state index contributed by atoms with van der Waals surface area (Å²) in [4.78, 5) is 25.1. The number of para-hydroxylation sites is 1. The molecule has 8 nitrogen and oxygen atoms in total. The number of carbonyl (C=O) groups is 2. The molecule has 2 aromatic rings. The van der Waals surface area contributed by atoms with Gasteiger partial charge in [-0.25, -0.2) is 4.79 Å². The third-order valence-corrected chi connectivity index (χ3v) is 4.40. The van der Waals surface area contributed by atoms with Crippen molar-refractivity contribution >= 4 is 18.2 Å². The van der Waals surface area contributed by atoms with E-state index in [9.17, 15) is 14.7 Å². The van der Waals surface area contributed by atoms with Gasteiger partial charge < -0.3 is 19.9 Å². The van der Waals surface area contributed by atoms with Crippen LogP contribution in [0.2, 0.25) is 0 Å². The molecule has 1 aliphatic rings. The third kappa shape index (κ3) is 3.17. The highest BCUT2D eigenvalue weighted by atomic mass is 16.5. The second kappa shape index (κ2) is 6.99. The van der Waals surface area contributed by atoms with Gasteiger partial charge in [0.25, 0.3) is 5.91 Å². The lowest BCUT2D eigenvalue weighted by Gasteiger charge is -2.21. The van der Waals surface area contributed by atoms with Crippen molar-refractivity contribution in [2.45, 2.75) is 12.5 Å². The van der Waals surface area contributed by atoms with Gasteiger partial charge in [-0.15, -0.1) is 5.01 Å². The number of hydrogen-bond acceptors (Lipinski definition) is 6. The quantitative estimate of drug-likeness (QED) is 0.622. The molecule has 27 heavy (non-hydrogen) atoms. The molecule has 0 aromatic heterocycles. The van der Waals surface area contributed by atoms with Crippen molar-refractivity contribution in [2.75, 3.05) is 14.2 Å². The zero-order valence-corrected chi connectivity index (χ0v) is 15.1. The summed E-state index contributed by atoms with van der Waals surface area (Å²) in [6.45, 7) is 1.60. The predicted molar refractivity (Wildman–Crippen MR) is 98.0 cm³/mol. The van der Waals surface area contributed by atoms with E-state index >= 15 is 0 Å². The maximum absolute atomic E-state index is 12.8. The zero-order valence-electron chi connectivity index (χ0n) is 15.1. The van der Waals surface area contributed by atoms with Crippen LogP contribution >= 0.6 is 0 Å². The molecule has 0 radical (unpaired) electrons. The minimum atomic E-state index is -1.25. The van der Waals surface area contributed by atoms with E-state index in [0.717, 1.165) is 5.01 Å². The molecule has 0 saturated carbocycles. The summed E-state index contributed by atoms with van der Waals surface area (Å²) >= 11 is 0. The summed E-state index contributed by atoms with van der Waals surface area (Å²) in [6.07, 6.45) is 1.23. The van der Waals surface area contributed by atoms with Gasteiger partial charge in [-0.05, 0) is 36.8 Å². The molecule has 140 valence electrons. The first-order valence-corrected chi connectivity index (χ1v) is 8.12. The van der Waals surface area contributed by atoms with E-state index in [4.69, 9.17) is 9.47 Å². The number of methoxy groups -OCH3 is 2. The molecular formula is C19H19N3O5. The molecular weight excluding hydrogens is 350 g/mol. The van der Waals surface area contributed by atoms with Gasteiger partial charge in [0.15, 0.2) is 11.5 Å². The Morgan fingerprint density at radius 2 is 1.81 bits per heavy atom. The summed E-state index contributed by atoms with van der Waals surface area (Å²) in [6, 6.07) is 11.0. The van der Waals surface area contributed by atoms with Crippen molar-refractivity contribution in [2.24, 2.45) is 5.10 Å². The first-order valence-electron chi connectivity index (χ1n) is 8.12. The Hall–Kier alpha value is -3.55.